The van der Waals surface area contributed by atoms with E-state index in [0.717, 1.165) is 21.2 Å². The Kier molecular flexibility index (Phi) is 4.23. The third kappa shape index (κ3) is 3.24. The number of methoxy groups -OCH3 is 1. The predicted octanol–water partition coefficient (Wildman–Crippen LogP) is 3.29. The number of rotatable bonds is 4. The summed E-state index contributed by atoms with van der Waals surface area (Å²) in [5.41, 5.74) is 0.824. The van der Waals surface area contributed by atoms with Crippen LogP contribution in [0.4, 0.5) is 0 Å². The second kappa shape index (κ2) is 5.89. The lowest BCUT2D eigenvalue weighted by atomic mass is 10.2. The van der Waals surface area contributed by atoms with Crippen LogP contribution in [0.5, 0.6) is 5.75 Å². The van der Waals surface area contributed by atoms with Crippen molar-refractivity contribution < 1.29 is 9.84 Å². The van der Waals surface area contributed by atoms with Crippen molar-refractivity contribution >= 4 is 11.8 Å². The lowest BCUT2D eigenvalue weighted by Crippen LogP contribution is -1.92. The first-order chi connectivity index (χ1) is 8.69. The van der Waals surface area contributed by atoms with Gasteiger partial charge in [-0.05, 0) is 36.8 Å². The average molecular weight is 261 g/mol. The van der Waals surface area contributed by atoms with Gasteiger partial charge in [0.1, 0.15) is 10.8 Å². The molecule has 0 bridgehead atoms. The monoisotopic (exact) mass is 261 g/mol. The molecule has 0 amide bonds. The quantitative estimate of drug-likeness (QED) is 0.917. The summed E-state index contributed by atoms with van der Waals surface area (Å²) in [5, 5.41) is 10.3. The van der Waals surface area contributed by atoms with Crippen molar-refractivity contribution in [3.8, 4) is 5.75 Å². The molecule has 94 valence electrons. The van der Waals surface area contributed by atoms with E-state index >= 15 is 0 Å². The number of ether oxygens (including phenoxy) is 1. The molecule has 1 N–H and O–H groups in total. The van der Waals surface area contributed by atoms with E-state index < -0.39 is 6.10 Å². The summed E-state index contributed by atoms with van der Waals surface area (Å²) in [6.07, 6.45) is 1.22. The number of benzene rings is 1. The smallest absolute Gasteiger partial charge is 0.119 e. The van der Waals surface area contributed by atoms with Gasteiger partial charge in [0.25, 0.3) is 0 Å². The van der Waals surface area contributed by atoms with Crippen molar-refractivity contribution in [3.63, 3.8) is 0 Å². The maximum atomic E-state index is 9.41. The van der Waals surface area contributed by atoms with Crippen LogP contribution in [0.2, 0.25) is 0 Å². The molecule has 1 heterocycles. The standard InChI is InChI=1S/C14H15NO2S/c1-10(16)11-6-7-14(15-9-11)18-13-5-3-4-12(8-13)17-2/h3-10,16H,1-2H3/t10-/m0/s1. The van der Waals surface area contributed by atoms with Crippen LogP contribution in [0.25, 0.3) is 0 Å². The van der Waals surface area contributed by atoms with Crippen LogP contribution in [0.3, 0.4) is 0 Å². The van der Waals surface area contributed by atoms with E-state index in [1.807, 2.05) is 36.4 Å². The third-order valence-corrected chi connectivity index (χ3v) is 3.45. The van der Waals surface area contributed by atoms with E-state index in [2.05, 4.69) is 4.98 Å². The minimum atomic E-state index is -0.478. The second-order valence-electron chi connectivity index (χ2n) is 3.89. The fourth-order valence-electron chi connectivity index (χ4n) is 1.48. The number of aliphatic hydroxyl groups excluding tert-OH is 1. The molecule has 0 saturated heterocycles. The zero-order valence-corrected chi connectivity index (χ0v) is 11.1. The molecule has 1 aromatic carbocycles. The van der Waals surface area contributed by atoms with Crippen molar-refractivity contribution in [3.05, 3.63) is 48.2 Å². The Morgan fingerprint density at radius 1 is 1.28 bits per heavy atom. The van der Waals surface area contributed by atoms with Gasteiger partial charge in [-0.3, -0.25) is 0 Å². The molecule has 0 unspecified atom stereocenters. The average Bonchev–Trinajstić information content (AvgIpc) is 2.39. The molecule has 2 rings (SSSR count). The normalized spacial score (nSPS) is 12.2. The molecule has 1 aromatic heterocycles. The molecule has 0 aliphatic rings. The first-order valence-corrected chi connectivity index (χ1v) is 6.46. The van der Waals surface area contributed by atoms with Crippen LogP contribution in [0, 0.1) is 0 Å². The summed E-state index contributed by atoms with van der Waals surface area (Å²) in [7, 11) is 1.65. The van der Waals surface area contributed by atoms with Gasteiger partial charge in [-0.1, -0.05) is 23.9 Å². The topological polar surface area (TPSA) is 42.4 Å². The Morgan fingerprint density at radius 2 is 2.11 bits per heavy atom. The molecule has 0 aliphatic carbocycles. The van der Waals surface area contributed by atoms with E-state index in [9.17, 15) is 5.11 Å². The highest BCUT2D eigenvalue weighted by atomic mass is 32.2. The molecule has 0 saturated carbocycles. The van der Waals surface area contributed by atoms with Crippen LogP contribution in [0.1, 0.15) is 18.6 Å². The first-order valence-electron chi connectivity index (χ1n) is 5.65. The van der Waals surface area contributed by atoms with Gasteiger partial charge in [0.05, 0.1) is 13.2 Å². The Balaban J connectivity index is 2.13. The maximum absolute atomic E-state index is 9.41. The van der Waals surface area contributed by atoms with E-state index in [0.29, 0.717) is 0 Å². The minimum Gasteiger partial charge on any atom is -0.497 e. The van der Waals surface area contributed by atoms with Gasteiger partial charge < -0.3 is 9.84 Å². The summed E-state index contributed by atoms with van der Waals surface area (Å²) >= 11 is 1.56. The van der Waals surface area contributed by atoms with Gasteiger partial charge >= 0.3 is 0 Å². The number of aromatic nitrogens is 1. The molecule has 0 spiro atoms. The van der Waals surface area contributed by atoms with Crippen LogP contribution in [-0.4, -0.2) is 17.2 Å². The van der Waals surface area contributed by atoms with Gasteiger partial charge in [0, 0.05) is 11.1 Å². The van der Waals surface area contributed by atoms with E-state index in [-0.39, 0.29) is 0 Å². The summed E-state index contributed by atoms with van der Waals surface area (Å²) in [6.45, 7) is 1.73. The van der Waals surface area contributed by atoms with Crippen molar-refractivity contribution in [2.24, 2.45) is 0 Å². The van der Waals surface area contributed by atoms with Crippen LogP contribution in [0.15, 0.2) is 52.5 Å². The fraction of sp³-hybridized carbons (Fsp3) is 0.214. The lowest BCUT2D eigenvalue weighted by Gasteiger charge is -2.06. The van der Waals surface area contributed by atoms with Gasteiger partial charge in [-0.15, -0.1) is 0 Å². The van der Waals surface area contributed by atoms with Crippen molar-refractivity contribution in [1.29, 1.82) is 0 Å². The van der Waals surface area contributed by atoms with Gasteiger partial charge in [-0.25, -0.2) is 4.98 Å². The Bertz CT molecular complexity index is 511. The van der Waals surface area contributed by atoms with Gasteiger partial charge in [0.15, 0.2) is 0 Å². The highest BCUT2D eigenvalue weighted by Crippen LogP contribution is 2.29. The lowest BCUT2D eigenvalue weighted by molar-refractivity contribution is 0.198. The number of aliphatic hydroxyl groups is 1. The second-order valence-corrected chi connectivity index (χ2v) is 4.98. The Morgan fingerprint density at radius 3 is 2.72 bits per heavy atom. The Labute approximate surface area is 111 Å². The van der Waals surface area contributed by atoms with Crippen molar-refractivity contribution in [2.75, 3.05) is 7.11 Å². The van der Waals surface area contributed by atoms with Gasteiger partial charge in [-0.2, -0.15) is 0 Å². The summed E-state index contributed by atoms with van der Waals surface area (Å²) in [5.74, 6) is 0.834. The SMILES string of the molecule is COc1cccc(Sc2ccc([C@H](C)O)cn2)c1. The molecular formula is C14H15NO2S. The molecule has 2 aromatic rings. The number of hydrogen-bond acceptors (Lipinski definition) is 4. The van der Waals surface area contributed by atoms with E-state index in [1.165, 1.54) is 0 Å². The van der Waals surface area contributed by atoms with Crippen LogP contribution >= 0.6 is 11.8 Å². The van der Waals surface area contributed by atoms with E-state index in [1.54, 1.807) is 32.0 Å². The number of nitrogens with zero attached hydrogens (tertiary/aromatic N) is 1. The fourth-order valence-corrected chi connectivity index (χ4v) is 2.29. The minimum absolute atomic E-state index is 0.478. The summed E-state index contributed by atoms with van der Waals surface area (Å²) < 4.78 is 5.18. The number of pyridine rings is 1. The Hall–Kier alpha value is -1.52. The molecule has 0 radical (unpaired) electrons. The predicted molar refractivity (Wildman–Crippen MR) is 72.0 cm³/mol. The first kappa shape index (κ1) is 12.9. The molecule has 3 nitrogen and oxygen atoms in total. The molecule has 0 fully saturated rings. The summed E-state index contributed by atoms with van der Waals surface area (Å²) in [6, 6.07) is 11.6. The maximum Gasteiger partial charge on any atom is 0.119 e. The molecule has 4 heteroatoms. The molecule has 1 atom stereocenters. The zero-order chi connectivity index (χ0) is 13.0. The zero-order valence-electron chi connectivity index (χ0n) is 10.3. The molecular weight excluding hydrogens is 246 g/mol. The van der Waals surface area contributed by atoms with Crippen LogP contribution < -0.4 is 4.74 Å². The van der Waals surface area contributed by atoms with Crippen molar-refractivity contribution in [1.82, 2.24) is 4.98 Å². The van der Waals surface area contributed by atoms with Crippen LogP contribution in [-0.2, 0) is 0 Å². The highest BCUT2D eigenvalue weighted by Gasteiger charge is 2.03. The highest BCUT2D eigenvalue weighted by molar-refractivity contribution is 7.99. The number of hydrogen-bond donors (Lipinski definition) is 1. The van der Waals surface area contributed by atoms with Crippen molar-refractivity contribution in [2.45, 2.75) is 22.9 Å². The van der Waals surface area contributed by atoms with Gasteiger partial charge in [0.2, 0.25) is 0 Å². The summed E-state index contributed by atoms with van der Waals surface area (Å²) in [4.78, 5) is 5.39. The largest absolute Gasteiger partial charge is 0.497 e. The van der Waals surface area contributed by atoms with E-state index in [4.69, 9.17) is 4.74 Å². The third-order valence-electron chi connectivity index (χ3n) is 2.51. The molecule has 18 heavy (non-hydrogen) atoms. The molecule has 0 aliphatic heterocycles.